The second kappa shape index (κ2) is 4.69. The number of carboxylic acids is 1. The molecule has 0 spiro atoms. The lowest BCUT2D eigenvalue weighted by Gasteiger charge is -2.09. The molecule has 1 saturated carbocycles. The molecule has 0 unspecified atom stereocenters. The van der Waals surface area contributed by atoms with Crippen molar-refractivity contribution in [2.24, 2.45) is 11.8 Å². The third kappa shape index (κ3) is 2.55. The van der Waals surface area contributed by atoms with E-state index in [0.29, 0.717) is 6.42 Å². The molecule has 0 heterocycles. The van der Waals surface area contributed by atoms with Crippen LogP contribution in [-0.4, -0.2) is 17.0 Å². The number of carbonyl (C=O) groups excluding carboxylic acids is 1. The summed E-state index contributed by atoms with van der Waals surface area (Å²) in [7, 11) is 0. The molecule has 1 aliphatic carbocycles. The number of halogens is 1. The maximum Gasteiger partial charge on any atom is 0.307 e. The maximum atomic E-state index is 13.5. The molecule has 98 valence electrons. The molecule has 0 aliphatic heterocycles. The second-order valence-corrected chi connectivity index (χ2v) is 4.52. The number of rotatable bonds is 3. The minimum atomic E-state index is -1.01. The number of carbonyl (C=O) groups is 2. The Kier molecular flexibility index (Phi) is 3.21. The van der Waals surface area contributed by atoms with E-state index in [0.717, 1.165) is 6.07 Å². The number of amides is 1. The molecule has 2 rings (SSSR count). The fourth-order valence-electron chi connectivity index (χ4n) is 1.86. The molecule has 2 N–H and O–H groups in total. The van der Waals surface area contributed by atoms with Crippen LogP contribution in [0.15, 0.2) is 12.1 Å². The molecule has 1 aromatic carbocycles. The molecular weight excluding hydrogens is 251 g/mol. The van der Waals surface area contributed by atoms with Crippen molar-refractivity contribution in [3.8, 4) is 6.07 Å². The molecule has 0 saturated heterocycles. The minimum absolute atomic E-state index is 0.101. The van der Waals surface area contributed by atoms with Gasteiger partial charge in [0.15, 0.2) is 0 Å². The van der Waals surface area contributed by atoms with Gasteiger partial charge in [0.25, 0.3) is 0 Å². The number of hydrogen-bond donors (Lipinski definition) is 2. The van der Waals surface area contributed by atoms with E-state index in [1.807, 2.05) is 0 Å². The van der Waals surface area contributed by atoms with Crippen LogP contribution in [0, 0.1) is 35.9 Å². The molecular formula is C13H11FN2O3. The first-order valence-corrected chi connectivity index (χ1v) is 5.68. The summed E-state index contributed by atoms with van der Waals surface area (Å²) < 4.78 is 13.5. The molecule has 1 amide bonds. The van der Waals surface area contributed by atoms with Crippen LogP contribution in [0.2, 0.25) is 0 Å². The monoisotopic (exact) mass is 262 g/mol. The van der Waals surface area contributed by atoms with E-state index in [4.69, 9.17) is 10.4 Å². The van der Waals surface area contributed by atoms with Gasteiger partial charge in [0.1, 0.15) is 5.82 Å². The summed E-state index contributed by atoms with van der Waals surface area (Å²) in [6.45, 7) is 1.48. The largest absolute Gasteiger partial charge is 0.481 e. The highest BCUT2D eigenvalue weighted by Crippen LogP contribution is 2.39. The minimum Gasteiger partial charge on any atom is -0.481 e. The molecule has 0 radical (unpaired) electrons. The van der Waals surface area contributed by atoms with Gasteiger partial charge >= 0.3 is 5.97 Å². The maximum absolute atomic E-state index is 13.5. The summed E-state index contributed by atoms with van der Waals surface area (Å²) in [4.78, 5) is 22.4. The number of hydrogen-bond acceptors (Lipinski definition) is 3. The number of nitrogens with one attached hydrogen (secondary N) is 1. The zero-order valence-electron chi connectivity index (χ0n) is 10.1. The van der Waals surface area contributed by atoms with E-state index in [1.165, 1.54) is 13.0 Å². The Morgan fingerprint density at radius 1 is 1.47 bits per heavy atom. The van der Waals surface area contributed by atoms with E-state index in [2.05, 4.69) is 5.32 Å². The van der Waals surface area contributed by atoms with Crippen molar-refractivity contribution in [1.82, 2.24) is 0 Å². The molecule has 1 fully saturated rings. The van der Waals surface area contributed by atoms with Gasteiger partial charge in [0.05, 0.1) is 23.5 Å². The second-order valence-electron chi connectivity index (χ2n) is 4.52. The van der Waals surface area contributed by atoms with E-state index in [-0.39, 0.29) is 16.8 Å². The van der Waals surface area contributed by atoms with Gasteiger partial charge in [-0.15, -0.1) is 0 Å². The van der Waals surface area contributed by atoms with Crippen molar-refractivity contribution < 1.29 is 19.1 Å². The quantitative estimate of drug-likeness (QED) is 0.866. The molecule has 2 atom stereocenters. The van der Waals surface area contributed by atoms with Crippen LogP contribution in [0.3, 0.4) is 0 Å². The normalized spacial score (nSPS) is 20.5. The average molecular weight is 262 g/mol. The van der Waals surface area contributed by atoms with Gasteiger partial charge in [-0.2, -0.15) is 5.26 Å². The number of benzene rings is 1. The van der Waals surface area contributed by atoms with Crippen LogP contribution in [0.25, 0.3) is 0 Å². The smallest absolute Gasteiger partial charge is 0.307 e. The van der Waals surface area contributed by atoms with Gasteiger partial charge in [0.2, 0.25) is 5.91 Å². The van der Waals surface area contributed by atoms with Gasteiger partial charge in [-0.1, -0.05) is 0 Å². The van der Waals surface area contributed by atoms with Crippen LogP contribution < -0.4 is 5.32 Å². The Morgan fingerprint density at radius 3 is 2.68 bits per heavy atom. The molecule has 6 heteroatoms. The lowest BCUT2D eigenvalue weighted by Crippen LogP contribution is -2.17. The molecule has 1 aromatic rings. The first-order chi connectivity index (χ1) is 8.93. The summed E-state index contributed by atoms with van der Waals surface area (Å²) >= 11 is 0. The van der Waals surface area contributed by atoms with Crippen LogP contribution in [0.5, 0.6) is 0 Å². The zero-order valence-corrected chi connectivity index (χ0v) is 10.1. The fraction of sp³-hybridized carbons (Fsp3) is 0.308. The summed E-state index contributed by atoms with van der Waals surface area (Å²) in [5, 5.41) is 20.0. The van der Waals surface area contributed by atoms with Crippen LogP contribution in [-0.2, 0) is 9.59 Å². The Labute approximate surface area is 108 Å². The Hall–Kier alpha value is -2.42. The van der Waals surface area contributed by atoms with Gasteiger partial charge in [-0.05, 0) is 25.5 Å². The molecule has 0 aromatic heterocycles. The number of nitrogens with zero attached hydrogens (tertiary/aromatic N) is 1. The highest BCUT2D eigenvalue weighted by Gasteiger charge is 2.48. The third-order valence-electron chi connectivity index (χ3n) is 3.18. The van der Waals surface area contributed by atoms with Gasteiger partial charge in [-0.25, -0.2) is 4.39 Å². The van der Waals surface area contributed by atoms with Gasteiger partial charge in [0, 0.05) is 11.3 Å². The lowest BCUT2D eigenvalue weighted by molar-refractivity contribution is -0.139. The third-order valence-corrected chi connectivity index (χ3v) is 3.18. The summed E-state index contributed by atoms with van der Waals surface area (Å²) in [6, 6.07) is 4.25. The highest BCUT2D eigenvalue weighted by atomic mass is 19.1. The summed E-state index contributed by atoms with van der Waals surface area (Å²) in [5.41, 5.74) is 0.529. The number of aliphatic carboxylic acids is 1. The van der Waals surface area contributed by atoms with Crippen molar-refractivity contribution >= 4 is 17.6 Å². The first kappa shape index (κ1) is 13.0. The SMILES string of the molecule is Cc1c(F)cc(C#N)cc1NC(=O)[C@@H]1C[C@@H]1C(=O)O. The Bertz CT molecular complexity index is 607. The number of carboxylic acid groups (broad SMARTS) is 1. The number of nitriles is 1. The van der Waals surface area contributed by atoms with Crippen molar-refractivity contribution in [2.45, 2.75) is 13.3 Å². The Morgan fingerprint density at radius 2 is 2.16 bits per heavy atom. The van der Waals surface area contributed by atoms with Crippen molar-refractivity contribution in [1.29, 1.82) is 5.26 Å². The molecule has 0 bridgehead atoms. The molecule has 5 nitrogen and oxygen atoms in total. The van der Waals surface area contributed by atoms with Gasteiger partial charge < -0.3 is 10.4 Å². The van der Waals surface area contributed by atoms with Crippen LogP contribution in [0.1, 0.15) is 17.5 Å². The zero-order chi connectivity index (χ0) is 14.2. The van der Waals surface area contributed by atoms with Crippen LogP contribution >= 0.6 is 0 Å². The predicted octanol–water partition coefficient (Wildman–Crippen LogP) is 1.66. The fourth-order valence-corrected chi connectivity index (χ4v) is 1.86. The average Bonchev–Trinajstić information content (AvgIpc) is 3.14. The first-order valence-electron chi connectivity index (χ1n) is 5.68. The van der Waals surface area contributed by atoms with E-state index in [1.54, 1.807) is 6.07 Å². The topological polar surface area (TPSA) is 90.2 Å². The predicted molar refractivity (Wildman–Crippen MR) is 63.7 cm³/mol. The van der Waals surface area contributed by atoms with Crippen molar-refractivity contribution in [2.75, 3.05) is 5.32 Å². The Balaban J connectivity index is 2.16. The van der Waals surface area contributed by atoms with Crippen LogP contribution in [0.4, 0.5) is 10.1 Å². The summed E-state index contributed by atoms with van der Waals surface area (Å²) in [6.07, 6.45) is 0.292. The van der Waals surface area contributed by atoms with E-state index >= 15 is 0 Å². The lowest BCUT2D eigenvalue weighted by atomic mass is 10.1. The molecule has 19 heavy (non-hydrogen) atoms. The van der Waals surface area contributed by atoms with E-state index < -0.39 is 29.5 Å². The van der Waals surface area contributed by atoms with Crippen molar-refractivity contribution in [3.05, 3.63) is 29.1 Å². The number of anilines is 1. The highest BCUT2D eigenvalue weighted by molar-refractivity contribution is 5.98. The van der Waals surface area contributed by atoms with E-state index in [9.17, 15) is 14.0 Å². The van der Waals surface area contributed by atoms with Gasteiger partial charge in [-0.3, -0.25) is 9.59 Å². The molecule has 1 aliphatic rings. The summed E-state index contributed by atoms with van der Waals surface area (Å²) in [5.74, 6) is -3.28. The van der Waals surface area contributed by atoms with Crippen molar-refractivity contribution in [3.63, 3.8) is 0 Å². The standard InChI is InChI=1S/C13H11FN2O3/c1-6-10(14)2-7(5-15)3-11(6)16-12(17)8-4-9(8)13(18)19/h2-3,8-9H,4H2,1H3,(H,16,17)(H,18,19)/t8-,9+/m1/s1.